The van der Waals surface area contributed by atoms with Crippen LogP contribution < -0.4 is 10.6 Å². The lowest BCUT2D eigenvalue weighted by molar-refractivity contribution is -0.134. The van der Waals surface area contributed by atoms with Gasteiger partial charge in [-0.3, -0.25) is 19.3 Å². The van der Waals surface area contributed by atoms with Crippen molar-refractivity contribution < 1.29 is 14.4 Å². The van der Waals surface area contributed by atoms with Crippen molar-refractivity contribution in [2.24, 2.45) is 11.8 Å². The molecule has 1 saturated carbocycles. The minimum atomic E-state index is -0.0544. The van der Waals surface area contributed by atoms with Gasteiger partial charge in [0.15, 0.2) is 0 Å². The van der Waals surface area contributed by atoms with E-state index in [0.717, 1.165) is 23.2 Å². The van der Waals surface area contributed by atoms with Crippen LogP contribution in [0.15, 0.2) is 18.2 Å². The molecule has 0 spiro atoms. The first-order valence-corrected chi connectivity index (χ1v) is 9.99. The topological polar surface area (TPSA) is 81.8 Å². The highest BCUT2D eigenvalue weighted by molar-refractivity contribution is 5.93. The summed E-state index contributed by atoms with van der Waals surface area (Å²) in [6.45, 7) is 8.84. The maximum atomic E-state index is 12.4. The number of carbonyl (C=O) groups excluding carboxylic acids is 3. The van der Waals surface area contributed by atoms with E-state index in [0.29, 0.717) is 38.6 Å². The number of piperazine rings is 1. The van der Waals surface area contributed by atoms with E-state index in [1.54, 1.807) is 4.90 Å². The molecular weight excluding hydrogens is 356 g/mol. The van der Waals surface area contributed by atoms with E-state index in [-0.39, 0.29) is 30.2 Å². The van der Waals surface area contributed by atoms with Crippen LogP contribution in [0, 0.1) is 25.7 Å². The fourth-order valence-corrected chi connectivity index (χ4v) is 3.64. The lowest BCUT2D eigenvalue weighted by Gasteiger charge is -2.34. The van der Waals surface area contributed by atoms with Crippen LogP contribution in [0.3, 0.4) is 0 Å². The molecule has 1 aromatic rings. The van der Waals surface area contributed by atoms with Gasteiger partial charge in [-0.2, -0.15) is 0 Å². The summed E-state index contributed by atoms with van der Waals surface area (Å²) in [7, 11) is 0. The Morgan fingerprint density at radius 3 is 2.25 bits per heavy atom. The van der Waals surface area contributed by atoms with Crippen molar-refractivity contribution in [3.8, 4) is 0 Å². The molecule has 0 bridgehead atoms. The first kappa shape index (κ1) is 20.3. The molecule has 1 aliphatic heterocycles. The molecule has 1 saturated heterocycles. The van der Waals surface area contributed by atoms with Crippen molar-refractivity contribution in [1.82, 2.24) is 15.1 Å². The fourth-order valence-electron chi connectivity index (χ4n) is 3.64. The molecule has 2 atom stereocenters. The van der Waals surface area contributed by atoms with Crippen LogP contribution >= 0.6 is 0 Å². The van der Waals surface area contributed by atoms with Crippen LogP contribution in [0.4, 0.5) is 5.69 Å². The molecule has 1 aromatic carbocycles. The zero-order valence-corrected chi connectivity index (χ0v) is 17.0. The number of benzene rings is 1. The molecule has 2 N–H and O–H groups in total. The molecule has 0 unspecified atom stereocenters. The van der Waals surface area contributed by atoms with Gasteiger partial charge in [0.25, 0.3) is 0 Å². The lowest BCUT2D eigenvalue weighted by Crippen LogP contribution is -2.52. The Morgan fingerprint density at radius 1 is 1.07 bits per heavy atom. The number of amides is 3. The highest BCUT2D eigenvalue weighted by Gasteiger charge is 2.39. The number of para-hydroxylation sites is 1. The summed E-state index contributed by atoms with van der Waals surface area (Å²) in [5, 5.41) is 5.75. The Hall–Kier alpha value is -2.41. The number of anilines is 1. The number of hydrogen-bond acceptors (Lipinski definition) is 4. The monoisotopic (exact) mass is 386 g/mol. The molecule has 2 fully saturated rings. The van der Waals surface area contributed by atoms with Crippen molar-refractivity contribution >= 4 is 23.4 Å². The summed E-state index contributed by atoms with van der Waals surface area (Å²) in [5.41, 5.74) is 2.97. The van der Waals surface area contributed by atoms with Crippen LogP contribution in [-0.2, 0) is 14.4 Å². The van der Waals surface area contributed by atoms with E-state index >= 15 is 0 Å². The number of rotatable bonds is 6. The van der Waals surface area contributed by atoms with E-state index in [1.807, 2.05) is 39.0 Å². The van der Waals surface area contributed by atoms with E-state index in [9.17, 15) is 14.4 Å². The van der Waals surface area contributed by atoms with Gasteiger partial charge in [-0.1, -0.05) is 25.1 Å². The Labute approximate surface area is 166 Å². The average molecular weight is 386 g/mol. The lowest BCUT2D eigenvalue weighted by atomic mass is 10.1. The SMILES string of the molecule is Cc1cccc(C)c1NC(=O)CN1CCN(C(=O)CNC(=O)[C@H]2C[C@H]2C)CC1. The Bertz CT molecular complexity index is 736. The summed E-state index contributed by atoms with van der Waals surface area (Å²) in [6, 6.07) is 5.94. The third-order valence-corrected chi connectivity index (χ3v) is 5.70. The first-order valence-electron chi connectivity index (χ1n) is 9.99. The molecule has 2 aliphatic rings. The predicted octanol–water partition coefficient (Wildman–Crippen LogP) is 1.16. The maximum absolute atomic E-state index is 12.4. The van der Waals surface area contributed by atoms with Crippen LogP contribution in [0.2, 0.25) is 0 Å². The summed E-state index contributed by atoms with van der Waals surface area (Å²) in [4.78, 5) is 40.3. The molecule has 3 rings (SSSR count). The Kier molecular flexibility index (Phi) is 6.34. The number of hydrogen-bond donors (Lipinski definition) is 2. The van der Waals surface area contributed by atoms with E-state index < -0.39 is 0 Å². The second kappa shape index (κ2) is 8.73. The van der Waals surface area contributed by atoms with Crippen molar-refractivity contribution in [2.75, 3.05) is 44.6 Å². The van der Waals surface area contributed by atoms with Gasteiger partial charge in [-0.25, -0.2) is 0 Å². The van der Waals surface area contributed by atoms with Gasteiger partial charge < -0.3 is 15.5 Å². The van der Waals surface area contributed by atoms with E-state index in [2.05, 4.69) is 15.5 Å². The second-order valence-corrected chi connectivity index (χ2v) is 8.01. The molecule has 0 aromatic heterocycles. The quantitative estimate of drug-likeness (QED) is 0.769. The Morgan fingerprint density at radius 2 is 1.68 bits per heavy atom. The minimum Gasteiger partial charge on any atom is -0.347 e. The van der Waals surface area contributed by atoms with Gasteiger partial charge in [0.05, 0.1) is 13.1 Å². The summed E-state index contributed by atoms with van der Waals surface area (Å²) >= 11 is 0. The third-order valence-electron chi connectivity index (χ3n) is 5.70. The van der Waals surface area contributed by atoms with Crippen LogP contribution in [0.5, 0.6) is 0 Å². The van der Waals surface area contributed by atoms with Crippen molar-refractivity contribution in [3.63, 3.8) is 0 Å². The van der Waals surface area contributed by atoms with Gasteiger partial charge in [-0.05, 0) is 37.3 Å². The van der Waals surface area contributed by atoms with Gasteiger partial charge >= 0.3 is 0 Å². The van der Waals surface area contributed by atoms with Crippen LogP contribution in [0.25, 0.3) is 0 Å². The predicted molar refractivity (Wildman–Crippen MR) is 108 cm³/mol. The molecule has 152 valence electrons. The smallest absolute Gasteiger partial charge is 0.242 e. The molecule has 28 heavy (non-hydrogen) atoms. The van der Waals surface area contributed by atoms with Crippen molar-refractivity contribution in [2.45, 2.75) is 27.2 Å². The normalized spacial score (nSPS) is 21.9. The maximum Gasteiger partial charge on any atom is 0.242 e. The van der Waals surface area contributed by atoms with Crippen molar-refractivity contribution in [3.05, 3.63) is 29.3 Å². The molecule has 0 radical (unpaired) electrons. The summed E-state index contributed by atoms with van der Waals surface area (Å²) in [5.74, 6) is 0.417. The number of nitrogens with zero attached hydrogens (tertiary/aromatic N) is 2. The zero-order valence-electron chi connectivity index (χ0n) is 17.0. The second-order valence-electron chi connectivity index (χ2n) is 8.01. The fraction of sp³-hybridized carbons (Fsp3) is 0.571. The first-order chi connectivity index (χ1) is 13.3. The average Bonchev–Trinajstić information content (AvgIpc) is 3.40. The molecule has 1 heterocycles. The van der Waals surface area contributed by atoms with Crippen LogP contribution in [0.1, 0.15) is 24.5 Å². The number of nitrogens with one attached hydrogen (secondary N) is 2. The molecule has 7 heteroatoms. The van der Waals surface area contributed by atoms with Crippen LogP contribution in [-0.4, -0.2) is 66.8 Å². The third kappa shape index (κ3) is 5.10. The molecule has 3 amide bonds. The highest BCUT2D eigenvalue weighted by atomic mass is 16.2. The van der Waals surface area contributed by atoms with Crippen molar-refractivity contribution in [1.29, 1.82) is 0 Å². The van der Waals surface area contributed by atoms with Gasteiger partial charge in [0.2, 0.25) is 17.7 Å². The zero-order chi connectivity index (χ0) is 20.3. The number of carbonyl (C=O) groups is 3. The van der Waals surface area contributed by atoms with Gasteiger partial charge in [-0.15, -0.1) is 0 Å². The molecule has 1 aliphatic carbocycles. The largest absolute Gasteiger partial charge is 0.347 e. The van der Waals surface area contributed by atoms with Gasteiger partial charge in [0.1, 0.15) is 0 Å². The standard InChI is InChI=1S/C21H30N4O3/c1-14-5-4-6-15(2)20(14)23-18(26)13-24-7-9-25(10-8-24)19(27)12-22-21(28)17-11-16(17)3/h4-6,16-17H,7-13H2,1-3H3,(H,22,28)(H,23,26)/t16-,17+/m1/s1. The summed E-state index contributed by atoms with van der Waals surface area (Å²) in [6.07, 6.45) is 0.919. The van der Waals surface area contributed by atoms with E-state index in [4.69, 9.17) is 0 Å². The number of aryl methyl sites for hydroxylation is 2. The minimum absolute atomic E-state index is 0.0114. The molecular formula is C21H30N4O3. The Balaban J connectivity index is 1.39. The summed E-state index contributed by atoms with van der Waals surface area (Å²) < 4.78 is 0. The molecule has 7 nitrogen and oxygen atoms in total. The highest BCUT2D eigenvalue weighted by Crippen LogP contribution is 2.37. The van der Waals surface area contributed by atoms with Gasteiger partial charge in [0, 0.05) is 37.8 Å². The van der Waals surface area contributed by atoms with E-state index in [1.165, 1.54) is 0 Å².